The summed E-state index contributed by atoms with van der Waals surface area (Å²) in [7, 11) is 0. The molecule has 0 spiro atoms. The highest BCUT2D eigenvalue weighted by atomic mass is 19.1. The van der Waals surface area contributed by atoms with Crippen molar-refractivity contribution in [2.75, 3.05) is 0 Å². The highest BCUT2D eigenvalue weighted by Gasteiger charge is 2.32. The molecule has 0 bridgehead atoms. The topological polar surface area (TPSA) is 39.4 Å². The Morgan fingerprint density at radius 3 is 2.50 bits per heavy atom. The second kappa shape index (κ2) is 5.98. The van der Waals surface area contributed by atoms with Crippen molar-refractivity contribution >= 4 is 5.71 Å². The molecule has 0 aliphatic carbocycles. The first-order chi connectivity index (χ1) is 10.7. The molecule has 0 saturated heterocycles. The molecule has 0 aromatic heterocycles. The van der Waals surface area contributed by atoms with Gasteiger partial charge in [-0.05, 0) is 30.2 Å². The minimum atomic E-state index is -0.525. The molecule has 0 N–H and O–H groups in total. The molecular formula is C18H16FN3. The summed E-state index contributed by atoms with van der Waals surface area (Å²) < 4.78 is 13.1. The van der Waals surface area contributed by atoms with Crippen molar-refractivity contribution < 1.29 is 4.39 Å². The zero-order chi connectivity index (χ0) is 15.5. The third kappa shape index (κ3) is 2.71. The lowest BCUT2D eigenvalue weighted by molar-refractivity contribution is 0.196. The van der Waals surface area contributed by atoms with Gasteiger partial charge in [0.15, 0.2) is 6.04 Å². The monoisotopic (exact) mass is 293 g/mol. The lowest BCUT2D eigenvalue weighted by Gasteiger charge is -2.28. The van der Waals surface area contributed by atoms with Crippen LogP contribution in [0.3, 0.4) is 0 Å². The third-order valence-corrected chi connectivity index (χ3v) is 3.85. The molecule has 2 aromatic rings. The number of hydrogen-bond donors (Lipinski definition) is 0. The van der Waals surface area contributed by atoms with E-state index in [2.05, 4.69) is 11.2 Å². The van der Waals surface area contributed by atoms with E-state index in [9.17, 15) is 9.65 Å². The van der Waals surface area contributed by atoms with Gasteiger partial charge in [-0.2, -0.15) is 10.4 Å². The number of rotatable bonds is 3. The molecule has 0 amide bonds. The summed E-state index contributed by atoms with van der Waals surface area (Å²) in [5.41, 5.74) is 2.88. The second-order valence-electron chi connectivity index (χ2n) is 5.43. The number of benzene rings is 2. The first kappa shape index (κ1) is 14.3. The summed E-state index contributed by atoms with van der Waals surface area (Å²) in [5, 5.41) is 16.0. The number of nitriles is 1. The van der Waals surface area contributed by atoms with Crippen LogP contribution in [0.5, 0.6) is 0 Å². The van der Waals surface area contributed by atoms with Crippen LogP contribution in [0.2, 0.25) is 0 Å². The van der Waals surface area contributed by atoms with E-state index >= 15 is 0 Å². The zero-order valence-electron chi connectivity index (χ0n) is 12.3. The highest BCUT2D eigenvalue weighted by molar-refractivity contribution is 5.84. The van der Waals surface area contributed by atoms with E-state index in [1.807, 2.05) is 42.3 Å². The summed E-state index contributed by atoms with van der Waals surface area (Å²) in [6.07, 6.45) is 0.795. The molecule has 0 saturated carbocycles. The fourth-order valence-corrected chi connectivity index (χ4v) is 2.80. The van der Waals surface area contributed by atoms with Crippen molar-refractivity contribution in [3.05, 3.63) is 71.5 Å². The van der Waals surface area contributed by atoms with E-state index in [4.69, 9.17) is 0 Å². The molecule has 2 aromatic carbocycles. The SMILES string of the molecule is CC1=NN([C@H](C#N)c2ccc(F)cc2)[C@H](c2ccccc2)C1. The van der Waals surface area contributed by atoms with Crippen molar-refractivity contribution in [2.24, 2.45) is 5.10 Å². The standard InChI is InChI=1S/C18H16FN3/c1-13-11-17(14-5-3-2-4-6-14)22(21-13)18(12-20)15-7-9-16(19)10-8-15/h2-10,17-18H,11H2,1H3/t17-,18+/m0/s1. The average molecular weight is 293 g/mol. The van der Waals surface area contributed by atoms with Gasteiger partial charge in [0.1, 0.15) is 5.82 Å². The summed E-state index contributed by atoms with van der Waals surface area (Å²) in [6, 6.07) is 17.9. The highest BCUT2D eigenvalue weighted by Crippen LogP contribution is 2.37. The van der Waals surface area contributed by atoms with Gasteiger partial charge in [-0.15, -0.1) is 0 Å². The predicted molar refractivity (Wildman–Crippen MR) is 83.5 cm³/mol. The Hall–Kier alpha value is -2.67. The van der Waals surface area contributed by atoms with E-state index < -0.39 is 6.04 Å². The average Bonchev–Trinajstić information content (AvgIpc) is 2.92. The van der Waals surface area contributed by atoms with Crippen molar-refractivity contribution in [2.45, 2.75) is 25.4 Å². The van der Waals surface area contributed by atoms with E-state index in [0.29, 0.717) is 0 Å². The number of halogens is 1. The van der Waals surface area contributed by atoms with Crippen LogP contribution >= 0.6 is 0 Å². The molecule has 110 valence electrons. The van der Waals surface area contributed by atoms with Crippen molar-refractivity contribution in [3.8, 4) is 6.07 Å². The smallest absolute Gasteiger partial charge is 0.159 e. The maximum absolute atomic E-state index is 13.1. The van der Waals surface area contributed by atoms with Crippen LogP contribution in [-0.2, 0) is 0 Å². The van der Waals surface area contributed by atoms with E-state index in [0.717, 1.165) is 23.3 Å². The largest absolute Gasteiger partial charge is 0.267 e. The van der Waals surface area contributed by atoms with Gasteiger partial charge in [0.25, 0.3) is 0 Å². The second-order valence-corrected chi connectivity index (χ2v) is 5.43. The lowest BCUT2D eigenvalue weighted by Crippen LogP contribution is -2.24. The van der Waals surface area contributed by atoms with Crippen LogP contribution in [0.15, 0.2) is 59.7 Å². The lowest BCUT2D eigenvalue weighted by atomic mass is 9.99. The van der Waals surface area contributed by atoms with Crippen LogP contribution in [0.1, 0.15) is 36.6 Å². The summed E-state index contributed by atoms with van der Waals surface area (Å²) in [6.45, 7) is 1.97. The summed E-state index contributed by atoms with van der Waals surface area (Å²) in [5.74, 6) is -0.304. The molecule has 0 fully saturated rings. The minimum Gasteiger partial charge on any atom is -0.267 e. The van der Waals surface area contributed by atoms with E-state index in [-0.39, 0.29) is 11.9 Å². The minimum absolute atomic E-state index is 0.0379. The molecule has 1 aliphatic heterocycles. The molecule has 3 nitrogen and oxygen atoms in total. The molecule has 0 unspecified atom stereocenters. The van der Waals surface area contributed by atoms with Crippen LogP contribution in [0.25, 0.3) is 0 Å². The van der Waals surface area contributed by atoms with Crippen LogP contribution in [-0.4, -0.2) is 10.7 Å². The van der Waals surface area contributed by atoms with Crippen molar-refractivity contribution in [1.29, 1.82) is 5.26 Å². The first-order valence-electron chi connectivity index (χ1n) is 7.21. The maximum Gasteiger partial charge on any atom is 0.159 e. The maximum atomic E-state index is 13.1. The summed E-state index contributed by atoms with van der Waals surface area (Å²) in [4.78, 5) is 0. The van der Waals surface area contributed by atoms with Crippen LogP contribution < -0.4 is 0 Å². The quantitative estimate of drug-likeness (QED) is 0.850. The Balaban J connectivity index is 1.96. The molecule has 1 aliphatic rings. The van der Waals surface area contributed by atoms with Gasteiger partial charge in [-0.25, -0.2) is 4.39 Å². The van der Waals surface area contributed by atoms with Crippen molar-refractivity contribution in [3.63, 3.8) is 0 Å². The fraction of sp³-hybridized carbons (Fsp3) is 0.222. The molecule has 2 atom stereocenters. The van der Waals surface area contributed by atoms with Crippen molar-refractivity contribution in [1.82, 2.24) is 5.01 Å². The number of nitrogens with zero attached hydrogens (tertiary/aromatic N) is 3. The van der Waals surface area contributed by atoms with Crippen LogP contribution in [0.4, 0.5) is 4.39 Å². The predicted octanol–water partition coefficient (Wildman–Crippen LogP) is 4.21. The van der Waals surface area contributed by atoms with Gasteiger partial charge in [0.2, 0.25) is 0 Å². The number of hydrazone groups is 1. The molecule has 4 heteroatoms. The molecule has 3 rings (SSSR count). The molecule has 1 heterocycles. The Morgan fingerprint density at radius 1 is 1.18 bits per heavy atom. The fourth-order valence-electron chi connectivity index (χ4n) is 2.80. The van der Waals surface area contributed by atoms with Crippen LogP contribution in [0, 0.1) is 17.1 Å². The van der Waals surface area contributed by atoms with Gasteiger partial charge in [0, 0.05) is 12.1 Å². The zero-order valence-corrected chi connectivity index (χ0v) is 12.3. The Labute approximate surface area is 129 Å². The first-order valence-corrected chi connectivity index (χ1v) is 7.21. The normalized spacial score (nSPS) is 18.7. The molecular weight excluding hydrogens is 277 g/mol. The van der Waals surface area contributed by atoms with Gasteiger partial charge < -0.3 is 0 Å². The summed E-state index contributed by atoms with van der Waals surface area (Å²) >= 11 is 0. The van der Waals surface area contributed by atoms with E-state index in [1.54, 1.807) is 12.1 Å². The van der Waals surface area contributed by atoms with Gasteiger partial charge in [-0.1, -0.05) is 42.5 Å². The van der Waals surface area contributed by atoms with E-state index in [1.165, 1.54) is 12.1 Å². The molecule has 0 radical (unpaired) electrons. The Morgan fingerprint density at radius 2 is 1.86 bits per heavy atom. The van der Waals surface area contributed by atoms with Gasteiger partial charge >= 0.3 is 0 Å². The molecule has 22 heavy (non-hydrogen) atoms. The van der Waals surface area contributed by atoms with Gasteiger partial charge in [0.05, 0.1) is 12.1 Å². The van der Waals surface area contributed by atoms with Gasteiger partial charge in [-0.3, -0.25) is 5.01 Å². The Kier molecular flexibility index (Phi) is 3.88. The number of hydrogen-bond acceptors (Lipinski definition) is 3. The Bertz CT molecular complexity index is 716. The third-order valence-electron chi connectivity index (χ3n) is 3.85.